The molecule has 0 atom stereocenters. The summed E-state index contributed by atoms with van der Waals surface area (Å²) in [6.07, 6.45) is 3.55. The Balaban J connectivity index is 1.77. The number of benzene rings is 1. The average Bonchev–Trinajstić information content (AvgIpc) is 2.25. The molecule has 3 heteroatoms. The average molecular weight is 240 g/mol. The van der Waals surface area contributed by atoms with E-state index >= 15 is 0 Å². The SMILES string of the molecule is OCC1(CNCc2ccc(Cl)cc2)CCC1. The molecule has 2 nitrogen and oxygen atoms in total. The highest BCUT2D eigenvalue weighted by molar-refractivity contribution is 6.30. The fourth-order valence-electron chi connectivity index (χ4n) is 2.14. The van der Waals surface area contributed by atoms with Crippen molar-refractivity contribution in [3.8, 4) is 0 Å². The number of aliphatic hydroxyl groups excluding tert-OH is 1. The first-order valence-corrected chi connectivity index (χ1v) is 6.18. The van der Waals surface area contributed by atoms with E-state index in [2.05, 4.69) is 5.32 Å². The third kappa shape index (κ3) is 2.76. The summed E-state index contributed by atoms with van der Waals surface area (Å²) in [5, 5.41) is 13.5. The van der Waals surface area contributed by atoms with Crippen molar-refractivity contribution < 1.29 is 5.11 Å². The van der Waals surface area contributed by atoms with E-state index < -0.39 is 0 Å². The highest BCUT2D eigenvalue weighted by Crippen LogP contribution is 2.39. The van der Waals surface area contributed by atoms with Crippen LogP contribution in [0.15, 0.2) is 24.3 Å². The molecule has 2 N–H and O–H groups in total. The quantitative estimate of drug-likeness (QED) is 0.828. The summed E-state index contributed by atoms with van der Waals surface area (Å²) in [4.78, 5) is 0. The van der Waals surface area contributed by atoms with Crippen molar-refractivity contribution in [3.05, 3.63) is 34.9 Å². The Bertz CT molecular complexity index is 327. The molecule has 1 aromatic carbocycles. The van der Waals surface area contributed by atoms with Gasteiger partial charge in [0.1, 0.15) is 0 Å². The largest absolute Gasteiger partial charge is 0.396 e. The van der Waals surface area contributed by atoms with Crippen molar-refractivity contribution in [1.29, 1.82) is 0 Å². The van der Waals surface area contributed by atoms with Gasteiger partial charge in [0.25, 0.3) is 0 Å². The molecule has 0 heterocycles. The van der Waals surface area contributed by atoms with Crippen molar-refractivity contribution in [2.24, 2.45) is 5.41 Å². The van der Waals surface area contributed by atoms with Crippen molar-refractivity contribution in [2.75, 3.05) is 13.2 Å². The van der Waals surface area contributed by atoms with Gasteiger partial charge in [-0.25, -0.2) is 0 Å². The van der Waals surface area contributed by atoms with Crippen LogP contribution in [0.25, 0.3) is 0 Å². The number of nitrogens with one attached hydrogen (secondary N) is 1. The third-order valence-electron chi connectivity index (χ3n) is 3.49. The molecule has 1 aliphatic rings. The van der Waals surface area contributed by atoms with Crippen LogP contribution in [0.4, 0.5) is 0 Å². The van der Waals surface area contributed by atoms with Gasteiger partial charge in [-0.1, -0.05) is 30.2 Å². The number of halogens is 1. The van der Waals surface area contributed by atoms with E-state index in [1.165, 1.54) is 12.0 Å². The first-order chi connectivity index (χ1) is 7.74. The van der Waals surface area contributed by atoms with Crippen molar-refractivity contribution in [3.63, 3.8) is 0 Å². The van der Waals surface area contributed by atoms with Crippen LogP contribution < -0.4 is 5.32 Å². The zero-order chi connectivity index (χ0) is 11.4. The standard InChI is InChI=1S/C13H18ClNO/c14-12-4-2-11(3-5-12)8-15-9-13(10-16)6-1-7-13/h2-5,15-16H,1,6-10H2. The smallest absolute Gasteiger partial charge is 0.0499 e. The Labute approximate surface area is 102 Å². The van der Waals surface area contributed by atoms with Crippen molar-refractivity contribution in [2.45, 2.75) is 25.8 Å². The minimum Gasteiger partial charge on any atom is -0.396 e. The summed E-state index contributed by atoms with van der Waals surface area (Å²) >= 11 is 5.82. The number of rotatable bonds is 5. The second-order valence-electron chi connectivity index (χ2n) is 4.74. The Kier molecular flexibility index (Phi) is 3.85. The molecule has 0 aliphatic heterocycles. The molecule has 16 heavy (non-hydrogen) atoms. The first kappa shape index (κ1) is 11.9. The Hall–Kier alpha value is -0.570. The van der Waals surface area contributed by atoms with Crippen LogP contribution in [0.2, 0.25) is 5.02 Å². The fraction of sp³-hybridized carbons (Fsp3) is 0.538. The maximum Gasteiger partial charge on any atom is 0.0499 e. The molecule has 0 saturated heterocycles. The highest BCUT2D eigenvalue weighted by atomic mass is 35.5. The third-order valence-corrected chi connectivity index (χ3v) is 3.74. The number of hydrogen-bond donors (Lipinski definition) is 2. The summed E-state index contributed by atoms with van der Waals surface area (Å²) in [6, 6.07) is 7.87. The summed E-state index contributed by atoms with van der Waals surface area (Å²) in [5.41, 5.74) is 1.39. The van der Waals surface area contributed by atoms with Gasteiger partial charge in [-0.15, -0.1) is 0 Å². The van der Waals surface area contributed by atoms with E-state index in [4.69, 9.17) is 11.6 Å². The summed E-state index contributed by atoms with van der Waals surface area (Å²) in [5.74, 6) is 0. The molecule has 0 bridgehead atoms. The molecular formula is C13H18ClNO. The predicted molar refractivity (Wildman–Crippen MR) is 66.5 cm³/mol. The van der Waals surface area contributed by atoms with Gasteiger partial charge in [0.05, 0.1) is 0 Å². The van der Waals surface area contributed by atoms with Gasteiger partial charge in [-0.05, 0) is 30.5 Å². The fourth-order valence-corrected chi connectivity index (χ4v) is 2.27. The molecule has 0 spiro atoms. The van der Waals surface area contributed by atoms with Gasteiger partial charge in [0, 0.05) is 30.1 Å². The Morgan fingerprint density at radius 3 is 2.44 bits per heavy atom. The van der Waals surface area contributed by atoms with Crippen molar-refractivity contribution >= 4 is 11.6 Å². The lowest BCUT2D eigenvalue weighted by Gasteiger charge is -2.40. The van der Waals surface area contributed by atoms with Crippen LogP contribution in [-0.4, -0.2) is 18.3 Å². The first-order valence-electron chi connectivity index (χ1n) is 5.80. The molecule has 0 aromatic heterocycles. The van der Waals surface area contributed by atoms with E-state index in [-0.39, 0.29) is 5.41 Å². The van der Waals surface area contributed by atoms with E-state index in [1.54, 1.807) is 0 Å². The molecule has 0 unspecified atom stereocenters. The maximum absolute atomic E-state index is 9.31. The molecule has 2 rings (SSSR count). The summed E-state index contributed by atoms with van der Waals surface area (Å²) in [6.45, 7) is 2.06. The number of aliphatic hydroxyl groups is 1. The van der Waals surface area contributed by atoms with E-state index in [0.29, 0.717) is 6.61 Å². The van der Waals surface area contributed by atoms with Gasteiger partial charge < -0.3 is 10.4 Å². The van der Waals surface area contributed by atoms with E-state index in [0.717, 1.165) is 31.0 Å². The van der Waals surface area contributed by atoms with Gasteiger partial charge in [-0.3, -0.25) is 0 Å². The topological polar surface area (TPSA) is 32.3 Å². The van der Waals surface area contributed by atoms with Gasteiger partial charge in [0.2, 0.25) is 0 Å². The molecule has 1 saturated carbocycles. The van der Waals surface area contributed by atoms with Crippen LogP contribution in [0.1, 0.15) is 24.8 Å². The summed E-state index contributed by atoms with van der Waals surface area (Å²) in [7, 11) is 0. The lowest BCUT2D eigenvalue weighted by atomic mass is 9.69. The minimum atomic E-state index is 0.159. The van der Waals surface area contributed by atoms with Crippen LogP contribution in [0, 0.1) is 5.41 Å². The molecule has 1 aliphatic carbocycles. The number of hydrogen-bond acceptors (Lipinski definition) is 2. The monoisotopic (exact) mass is 239 g/mol. The molecule has 1 aromatic rings. The normalized spacial score (nSPS) is 18.1. The predicted octanol–water partition coefficient (Wildman–Crippen LogP) is 2.59. The highest BCUT2D eigenvalue weighted by Gasteiger charge is 2.35. The lowest BCUT2D eigenvalue weighted by molar-refractivity contribution is 0.0445. The zero-order valence-corrected chi connectivity index (χ0v) is 10.1. The summed E-state index contributed by atoms with van der Waals surface area (Å²) < 4.78 is 0. The Morgan fingerprint density at radius 2 is 1.94 bits per heavy atom. The molecule has 1 fully saturated rings. The van der Waals surface area contributed by atoms with Gasteiger partial charge in [0.15, 0.2) is 0 Å². The van der Waals surface area contributed by atoms with Crippen LogP contribution in [0.5, 0.6) is 0 Å². The second-order valence-corrected chi connectivity index (χ2v) is 5.18. The van der Waals surface area contributed by atoms with E-state index in [9.17, 15) is 5.11 Å². The molecule has 0 amide bonds. The van der Waals surface area contributed by atoms with Gasteiger partial charge >= 0.3 is 0 Å². The molecular weight excluding hydrogens is 222 g/mol. The van der Waals surface area contributed by atoms with Crippen LogP contribution >= 0.6 is 11.6 Å². The minimum absolute atomic E-state index is 0.159. The maximum atomic E-state index is 9.31. The second kappa shape index (κ2) is 5.17. The Morgan fingerprint density at radius 1 is 1.25 bits per heavy atom. The van der Waals surface area contributed by atoms with Crippen LogP contribution in [0.3, 0.4) is 0 Å². The molecule has 88 valence electrons. The van der Waals surface area contributed by atoms with Crippen molar-refractivity contribution in [1.82, 2.24) is 5.32 Å². The van der Waals surface area contributed by atoms with Gasteiger partial charge in [-0.2, -0.15) is 0 Å². The lowest BCUT2D eigenvalue weighted by Crippen LogP contribution is -2.42. The molecule has 0 radical (unpaired) electrons. The van der Waals surface area contributed by atoms with Crippen LogP contribution in [-0.2, 0) is 6.54 Å². The zero-order valence-electron chi connectivity index (χ0n) is 9.38. The van der Waals surface area contributed by atoms with E-state index in [1.807, 2.05) is 24.3 Å².